The van der Waals surface area contributed by atoms with Crippen LogP contribution >= 0.6 is 27.3 Å². The second-order valence-corrected chi connectivity index (χ2v) is 3.75. The van der Waals surface area contributed by atoms with E-state index in [0.717, 1.165) is 12.8 Å². The molecular formula is C8H7BrS. The van der Waals surface area contributed by atoms with E-state index in [0.29, 0.717) is 0 Å². The topological polar surface area (TPSA) is 0 Å². The molecule has 1 rings (SSSR count). The highest BCUT2D eigenvalue weighted by atomic mass is 79.9. The van der Waals surface area contributed by atoms with E-state index in [1.165, 1.54) is 9.35 Å². The Balaban J connectivity index is 2.59. The largest absolute Gasteiger partial charge is 0.148 e. The fourth-order valence-corrected chi connectivity index (χ4v) is 2.24. The zero-order chi connectivity index (χ0) is 7.40. The van der Waals surface area contributed by atoms with Gasteiger partial charge in [-0.15, -0.1) is 23.7 Å². The van der Waals surface area contributed by atoms with E-state index in [-0.39, 0.29) is 0 Å². The van der Waals surface area contributed by atoms with Gasteiger partial charge >= 0.3 is 0 Å². The molecule has 1 heterocycles. The molecule has 0 radical (unpaired) electrons. The summed E-state index contributed by atoms with van der Waals surface area (Å²) < 4.78 is 1.19. The Morgan fingerprint density at radius 3 is 3.00 bits per heavy atom. The predicted octanol–water partition coefficient (Wildman–Crippen LogP) is 3.08. The maximum Gasteiger partial charge on any atom is 0.0314 e. The van der Waals surface area contributed by atoms with Gasteiger partial charge in [0.1, 0.15) is 0 Å². The van der Waals surface area contributed by atoms with Crippen molar-refractivity contribution >= 4 is 27.3 Å². The van der Waals surface area contributed by atoms with Crippen LogP contribution in [0.25, 0.3) is 0 Å². The summed E-state index contributed by atoms with van der Waals surface area (Å²) in [6, 6.07) is 2.05. The molecule has 0 unspecified atom stereocenters. The number of halogens is 1. The fourth-order valence-electron chi connectivity index (χ4n) is 0.689. The van der Waals surface area contributed by atoms with Gasteiger partial charge in [-0.1, -0.05) is 0 Å². The van der Waals surface area contributed by atoms with Crippen molar-refractivity contribution in [3.05, 3.63) is 20.8 Å². The van der Waals surface area contributed by atoms with Gasteiger partial charge in [0, 0.05) is 15.8 Å². The maximum atomic E-state index is 5.13. The van der Waals surface area contributed by atoms with E-state index < -0.39 is 0 Å². The molecule has 0 aliphatic carbocycles. The molecule has 2 heteroatoms. The van der Waals surface area contributed by atoms with Gasteiger partial charge in [-0.2, -0.15) is 0 Å². The third-order valence-corrected chi connectivity index (χ3v) is 3.17. The van der Waals surface area contributed by atoms with Crippen LogP contribution in [-0.4, -0.2) is 0 Å². The Hall–Kier alpha value is -0.260. The Morgan fingerprint density at radius 1 is 1.70 bits per heavy atom. The van der Waals surface area contributed by atoms with Gasteiger partial charge in [0.25, 0.3) is 0 Å². The quantitative estimate of drug-likeness (QED) is 0.665. The third kappa shape index (κ3) is 1.86. The minimum atomic E-state index is 0.832. The van der Waals surface area contributed by atoms with Crippen molar-refractivity contribution in [1.82, 2.24) is 0 Å². The normalized spacial score (nSPS) is 9.20. The highest BCUT2D eigenvalue weighted by Gasteiger charge is 1.97. The highest BCUT2D eigenvalue weighted by Crippen LogP contribution is 2.23. The van der Waals surface area contributed by atoms with Gasteiger partial charge in [0.05, 0.1) is 0 Å². The summed E-state index contributed by atoms with van der Waals surface area (Å²) in [5.41, 5.74) is 0. The van der Waals surface area contributed by atoms with Crippen LogP contribution in [0.1, 0.15) is 11.3 Å². The molecule has 52 valence electrons. The van der Waals surface area contributed by atoms with Crippen LogP contribution in [0.2, 0.25) is 0 Å². The number of hydrogen-bond acceptors (Lipinski definition) is 1. The molecule has 0 atom stereocenters. The van der Waals surface area contributed by atoms with E-state index >= 15 is 0 Å². The molecule has 0 saturated carbocycles. The Kier molecular flexibility index (Phi) is 2.98. The minimum Gasteiger partial charge on any atom is -0.148 e. The van der Waals surface area contributed by atoms with Crippen LogP contribution < -0.4 is 0 Å². The Morgan fingerprint density at radius 2 is 2.50 bits per heavy atom. The second kappa shape index (κ2) is 3.80. The van der Waals surface area contributed by atoms with Gasteiger partial charge in [-0.05, 0) is 33.8 Å². The molecule has 0 aliphatic heterocycles. The summed E-state index contributed by atoms with van der Waals surface area (Å²) in [5, 5.41) is 2.07. The number of aryl methyl sites for hydroxylation is 1. The molecule has 0 fully saturated rings. The molecule has 0 amide bonds. The van der Waals surface area contributed by atoms with Crippen LogP contribution in [0.3, 0.4) is 0 Å². The van der Waals surface area contributed by atoms with Crippen LogP contribution in [-0.2, 0) is 6.42 Å². The molecule has 0 bridgehead atoms. The summed E-state index contributed by atoms with van der Waals surface area (Å²) in [7, 11) is 0. The van der Waals surface area contributed by atoms with Crippen molar-refractivity contribution in [3.8, 4) is 12.3 Å². The van der Waals surface area contributed by atoms with Gasteiger partial charge in [0.2, 0.25) is 0 Å². The molecule has 0 N–H and O–H groups in total. The highest BCUT2D eigenvalue weighted by molar-refractivity contribution is 9.10. The van der Waals surface area contributed by atoms with E-state index in [4.69, 9.17) is 6.42 Å². The van der Waals surface area contributed by atoms with Crippen molar-refractivity contribution in [2.75, 3.05) is 0 Å². The first-order chi connectivity index (χ1) is 4.84. The summed E-state index contributed by atoms with van der Waals surface area (Å²) >= 11 is 5.19. The molecule has 0 spiro atoms. The first-order valence-electron chi connectivity index (χ1n) is 3.00. The Bertz CT molecular complexity index is 244. The monoisotopic (exact) mass is 214 g/mol. The number of terminal acetylenes is 1. The second-order valence-electron chi connectivity index (χ2n) is 1.90. The van der Waals surface area contributed by atoms with E-state index in [1.54, 1.807) is 11.3 Å². The first kappa shape index (κ1) is 7.84. The molecule has 0 saturated heterocycles. The van der Waals surface area contributed by atoms with E-state index in [2.05, 4.69) is 33.3 Å². The van der Waals surface area contributed by atoms with Gasteiger partial charge < -0.3 is 0 Å². The lowest BCUT2D eigenvalue weighted by Gasteiger charge is -1.90. The summed E-state index contributed by atoms with van der Waals surface area (Å²) in [4.78, 5) is 1.35. The summed E-state index contributed by atoms with van der Waals surface area (Å²) in [6.45, 7) is 0. The van der Waals surface area contributed by atoms with Crippen molar-refractivity contribution in [3.63, 3.8) is 0 Å². The smallest absolute Gasteiger partial charge is 0.0314 e. The zero-order valence-electron chi connectivity index (χ0n) is 5.43. The van der Waals surface area contributed by atoms with Crippen LogP contribution in [0, 0.1) is 12.3 Å². The maximum absolute atomic E-state index is 5.13. The van der Waals surface area contributed by atoms with Crippen LogP contribution in [0.4, 0.5) is 0 Å². The standard InChI is InChI=1S/C8H7BrS/c1-2-3-4-8-7(9)5-6-10-8/h1,5-6H,3-4H2. The van der Waals surface area contributed by atoms with Crippen LogP contribution in [0.15, 0.2) is 15.9 Å². The van der Waals surface area contributed by atoms with E-state index in [1.807, 2.05) is 0 Å². The Labute approximate surface area is 73.4 Å². The van der Waals surface area contributed by atoms with Gasteiger partial charge in [0.15, 0.2) is 0 Å². The lowest BCUT2D eigenvalue weighted by molar-refractivity contribution is 1.05. The lowest BCUT2D eigenvalue weighted by Crippen LogP contribution is -1.76. The third-order valence-electron chi connectivity index (χ3n) is 1.19. The molecule has 10 heavy (non-hydrogen) atoms. The van der Waals surface area contributed by atoms with Crippen molar-refractivity contribution in [2.24, 2.45) is 0 Å². The number of hydrogen-bond donors (Lipinski definition) is 0. The van der Waals surface area contributed by atoms with Crippen LogP contribution in [0.5, 0.6) is 0 Å². The van der Waals surface area contributed by atoms with Gasteiger partial charge in [-0.25, -0.2) is 0 Å². The molecule has 0 nitrogen and oxygen atoms in total. The minimum absolute atomic E-state index is 0.832. The lowest BCUT2D eigenvalue weighted by atomic mass is 10.3. The number of thiophene rings is 1. The molecule has 1 aromatic heterocycles. The van der Waals surface area contributed by atoms with Crippen molar-refractivity contribution in [1.29, 1.82) is 0 Å². The zero-order valence-corrected chi connectivity index (χ0v) is 7.83. The average Bonchev–Trinajstić information content (AvgIpc) is 2.31. The van der Waals surface area contributed by atoms with E-state index in [9.17, 15) is 0 Å². The molecular weight excluding hydrogens is 208 g/mol. The molecule has 0 aromatic carbocycles. The average molecular weight is 215 g/mol. The molecule has 1 aromatic rings. The van der Waals surface area contributed by atoms with Gasteiger partial charge in [-0.3, -0.25) is 0 Å². The fraction of sp³-hybridized carbons (Fsp3) is 0.250. The SMILES string of the molecule is C#CCCc1sccc1Br. The first-order valence-corrected chi connectivity index (χ1v) is 4.67. The van der Waals surface area contributed by atoms with Crippen molar-refractivity contribution in [2.45, 2.75) is 12.8 Å². The summed E-state index contributed by atoms with van der Waals surface area (Å²) in [5.74, 6) is 2.62. The van der Waals surface area contributed by atoms with Crippen molar-refractivity contribution < 1.29 is 0 Å². The number of rotatable bonds is 2. The molecule has 0 aliphatic rings. The predicted molar refractivity (Wildman–Crippen MR) is 49.2 cm³/mol. The summed E-state index contributed by atoms with van der Waals surface area (Å²) in [6.07, 6.45) is 6.96.